The van der Waals surface area contributed by atoms with E-state index in [0.717, 1.165) is 10.5 Å². The van der Waals surface area contributed by atoms with E-state index in [-0.39, 0.29) is 11.8 Å². The van der Waals surface area contributed by atoms with E-state index in [2.05, 4.69) is 5.32 Å². The highest BCUT2D eigenvalue weighted by atomic mass is 32.2. The van der Waals surface area contributed by atoms with Gasteiger partial charge in [-0.2, -0.15) is 0 Å². The lowest BCUT2D eigenvalue weighted by molar-refractivity contribution is -0.119. The molecule has 36 heavy (non-hydrogen) atoms. The number of ether oxygens (including phenoxy) is 3. The first-order chi connectivity index (χ1) is 17.4. The summed E-state index contributed by atoms with van der Waals surface area (Å²) < 4.78 is 16.7. The molecule has 3 aromatic carbocycles. The van der Waals surface area contributed by atoms with Gasteiger partial charge in [0.05, 0.1) is 38.5 Å². The Morgan fingerprint density at radius 3 is 2.31 bits per heavy atom. The van der Waals surface area contributed by atoms with Gasteiger partial charge in [0.25, 0.3) is 5.91 Å². The van der Waals surface area contributed by atoms with Crippen molar-refractivity contribution in [2.45, 2.75) is 23.8 Å². The van der Waals surface area contributed by atoms with Crippen molar-refractivity contribution in [3.05, 3.63) is 77.4 Å². The van der Waals surface area contributed by atoms with Crippen LogP contribution >= 0.6 is 11.8 Å². The highest BCUT2D eigenvalue weighted by Crippen LogP contribution is 2.46. The highest BCUT2D eigenvalue weighted by Gasteiger charge is 2.43. The number of carbonyl (C=O) groups is 2. The summed E-state index contributed by atoms with van der Waals surface area (Å²) in [5.74, 6) is 0.316. The van der Waals surface area contributed by atoms with Crippen molar-refractivity contribution in [1.82, 2.24) is 4.90 Å². The van der Waals surface area contributed by atoms with Crippen LogP contribution in [0, 0.1) is 0 Å². The van der Waals surface area contributed by atoms with Gasteiger partial charge in [0, 0.05) is 17.5 Å². The zero-order chi connectivity index (χ0) is 25.8. The molecule has 3 aromatic rings. The molecule has 0 radical (unpaired) electrons. The third kappa shape index (κ3) is 4.73. The second-order valence-electron chi connectivity index (χ2n) is 8.32. The zero-order valence-corrected chi connectivity index (χ0v) is 21.8. The lowest BCUT2D eigenvalue weighted by Crippen LogP contribution is -2.44. The van der Waals surface area contributed by atoms with Gasteiger partial charge in [0.1, 0.15) is 5.75 Å². The molecule has 1 aliphatic heterocycles. The predicted molar refractivity (Wildman–Crippen MR) is 142 cm³/mol. The molecule has 188 valence electrons. The molecular formula is C28H30N2O5S. The summed E-state index contributed by atoms with van der Waals surface area (Å²) in [4.78, 5) is 30.3. The second-order valence-corrected chi connectivity index (χ2v) is 9.20. The molecule has 1 aliphatic rings. The second kappa shape index (κ2) is 11.0. The molecule has 0 unspecified atom stereocenters. The predicted octanol–water partition coefficient (Wildman–Crippen LogP) is 5.37. The maximum Gasteiger partial charge on any atom is 0.254 e. The van der Waals surface area contributed by atoms with Gasteiger partial charge in [-0.3, -0.25) is 9.59 Å². The lowest BCUT2D eigenvalue weighted by atomic mass is 9.79. The van der Waals surface area contributed by atoms with E-state index < -0.39 is 12.0 Å². The number of thioether (sulfide) groups is 1. The molecule has 8 heteroatoms. The SMILES string of the molecule is CCOc1ccccc1NC(=O)[C@@H]1c2cc(OC)c(OC)cc2C(=O)N(C)[C@@H]1c1ccc(SC)cc1. The van der Waals surface area contributed by atoms with Crippen LogP contribution in [0.5, 0.6) is 17.2 Å². The van der Waals surface area contributed by atoms with E-state index in [1.54, 1.807) is 41.9 Å². The molecule has 2 atom stereocenters. The van der Waals surface area contributed by atoms with Crippen LogP contribution in [0.3, 0.4) is 0 Å². The Bertz CT molecular complexity index is 1260. The van der Waals surface area contributed by atoms with Crippen LogP contribution in [-0.2, 0) is 4.79 Å². The number of likely N-dealkylation sites (N-methyl/N-ethyl adjacent to an activating group) is 1. The van der Waals surface area contributed by atoms with Gasteiger partial charge < -0.3 is 24.4 Å². The molecule has 4 rings (SSSR count). The molecule has 0 saturated heterocycles. The number of benzene rings is 3. The quantitative estimate of drug-likeness (QED) is 0.414. The number of anilines is 1. The van der Waals surface area contributed by atoms with Crippen molar-refractivity contribution in [2.24, 2.45) is 0 Å². The van der Waals surface area contributed by atoms with E-state index in [1.165, 1.54) is 14.2 Å². The first-order valence-electron chi connectivity index (χ1n) is 11.6. The molecule has 0 saturated carbocycles. The fourth-order valence-electron chi connectivity index (χ4n) is 4.61. The van der Waals surface area contributed by atoms with Gasteiger partial charge in [-0.1, -0.05) is 24.3 Å². The zero-order valence-electron chi connectivity index (χ0n) is 21.0. The molecule has 0 bridgehead atoms. The first kappa shape index (κ1) is 25.4. The minimum absolute atomic E-state index is 0.191. The Hall–Kier alpha value is -3.65. The average molecular weight is 507 g/mol. The maximum atomic E-state index is 14.0. The van der Waals surface area contributed by atoms with Crippen molar-refractivity contribution in [1.29, 1.82) is 0 Å². The normalized spacial score (nSPS) is 16.8. The number of fused-ring (bicyclic) bond motifs is 1. The maximum absolute atomic E-state index is 14.0. The van der Waals surface area contributed by atoms with E-state index >= 15 is 0 Å². The standard InChI is InChI=1S/C28H30N2O5S/c1-6-35-22-10-8-7-9-21(22)29-27(31)25-19-15-23(33-3)24(34-4)16-20(19)28(32)30(2)26(25)17-11-13-18(36-5)14-12-17/h7-16,25-26H,6H2,1-5H3,(H,29,31)/t25-,26-/m1/s1. The summed E-state index contributed by atoms with van der Waals surface area (Å²) in [5.41, 5.74) is 2.43. The topological polar surface area (TPSA) is 77.1 Å². The number of carbonyl (C=O) groups excluding carboxylic acids is 2. The summed E-state index contributed by atoms with van der Waals surface area (Å²) in [6.07, 6.45) is 2.01. The molecule has 7 nitrogen and oxygen atoms in total. The summed E-state index contributed by atoms with van der Waals surface area (Å²) >= 11 is 1.63. The van der Waals surface area contributed by atoms with Crippen molar-refractivity contribution in [3.8, 4) is 17.2 Å². The summed E-state index contributed by atoms with van der Waals surface area (Å²) in [7, 11) is 4.78. The van der Waals surface area contributed by atoms with Crippen LogP contribution < -0.4 is 19.5 Å². The number of nitrogens with zero attached hydrogens (tertiary/aromatic N) is 1. The fraction of sp³-hybridized carbons (Fsp3) is 0.286. The van der Waals surface area contributed by atoms with Gasteiger partial charge in [-0.15, -0.1) is 11.8 Å². The Morgan fingerprint density at radius 1 is 1.00 bits per heavy atom. The molecule has 1 heterocycles. The summed E-state index contributed by atoms with van der Waals surface area (Å²) in [5, 5.41) is 3.05. The third-order valence-electron chi connectivity index (χ3n) is 6.36. The minimum atomic E-state index is -0.711. The Labute approximate surface area is 215 Å². The molecule has 0 aromatic heterocycles. The largest absolute Gasteiger partial charge is 0.493 e. The van der Waals surface area contributed by atoms with E-state index in [1.807, 2.05) is 55.6 Å². The smallest absolute Gasteiger partial charge is 0.254 e. The van der Waals surface area contributed by atoms with Gasteiger partial charge in [0.15, 0.2) is 11.5 Å². The van der Waals surface area contributed by atoms with Crippen molar-refractivity contribution < 1.29 is 23.8 Å². The van der Waals surface area contributed by atoms with Crippen LogP contribution in [-0.4, -0.2) is 50.8 Å². The van der Waals surface area contributed by atoms with Gasteiger partial charge in [0.2, 0.25) is 5.91 Å². The number of amides is 2. The Balaban J connectivity index is 1.86. The van der Waals surface area contributed by atoms with Crippen LogP contribution in [0.4, 0.5) is 5.69 Å². The lowest BCUT2D eigenvalue weighted by Gasteiger charge is -2.40. The summed E-state index contributed by atoms with van der Waals surface area (Å²) in [6.45, 7) is 2.36. The van der Waals surface area contributed by atoms with Gasteiger partial charge >= 0.3 is 0 Å². The Kier molecular flexibility index (Phi) is 7.74. The molecular weight excluding hydrogens is 476 g/mol. The van der Waals surface area contributed by atoms with E-state index in [4.69, 9.17) is 14.2 Å². The number of nitrogens with one attached hydrogen (secondary N) is 1. The van der Waals surface area contributed by atoms with Crippen molar-refractivity contribution in [2.75, 3.05) is 39.4 Å². The number of para-hydroxylation sites is 2. The monoisotopic (exact) mass is 506 g/mol. The van der Waals surface area contributed by atoms with Crippen LogP contribution in [0.1, 0.15) is 40.4 Å². The number of methoxy groups -OCH3 is 2. The fourth-order valence-corrected chi connectivity index (χ4v) is 5.02. The minimum Gasteiger partial charge on any atom is -0.493 e. The van der Waals surface area contributed by atoms with Gasteiger partial charge in [-0.25, -0.2) is 0 Å². The third-order valence-corrected chi connectivity index (χ3v) is 7.10. The number of hydrogen-bond acceptors (Lipinski definition) is 6. The van der Waals surface area contributed by atoms with Crippen LogP contribution in [0.2, 0.25) is 0 Å². The van der Waals surface area contributed by atoms with E-state index in [9.17, 15) is 9.59 Å². The van der Waals surface area contributed by atoms with Gasteiger partial charge in [-0.05, 0) is 60.7 Å². The van der Waals surface area contributed by atoms with Crippen molar-refractivity contribution >= 4 is 29.3 Å². The van der Waals surface area contributed by atoms with Crippen LogP contribution in [0.25, 0.3) is 0 Å². The molecule has 0 aliphatic carbocycles. The number of hydrogen-bond donors (Lipinski definition) is 1. The average Bonchev–Trinajstić information content (AvgIpc) is 2.91. The number of rotatable bonds is 8. The molecule has 0 spiro atoms. The van der Waals surface area contributed by atoms with Crippen LogP contribution in [0.15, 0.2) is 65.6 Å². The first-order valence-corrected chi connectivity index (χ1v) is 12.9. The molecule has 0 fully saturated rings. The molecule has 1 N–H and O–H groups in total. The molecule has 2 amide bonds. The summed E-state index contributed by atoms with van der Waals surface area (Å²) in [6, 6.07) is 18.1. The van der Waals surface area contributed by atoms with Crippen molar-refractivity contribution in [3.63, 3.8) is 0 Å². The highest BCUT2D eigenvalue weighted by molar-refractivity contribution is 7.98. The Morgan fingerprint density at radius 2 is 1.67 bits per heavy atom. The van der Waals surface area contributed by atoms with E-state index in [0.29, 0.717) is 40.7 Å².